The van der Waals surface area contributed by atoms with Crippen molar-refractivity contribution in [3.05, 3.63) is 59.9 Å². The van der Waals surface area contributed by atoms with Crippen molar-refractivity contribution >= 4 is 0 Å². The van der Waals surface area contributed by atoms with Crippen molar-refractivity contribution in [1.29, 1.82) is 0 Å². The van der Waals surface area contributed by atoms with E-state index in [0.29, 0.717) is 12.1 Å². The Labute approximate surface area is 111 Å². The van der Waals surface area contributed by atoms with Crippen LogP contribution in [0, 0.1) is 18.3 Å². The van der Waals surface area contributed by atoms with E-state index in [4.69, 9.17) is 12.2 Å². The van der Waals surface area contributed by atoms with Gasteiger partial charge in [-0.05, 0) is 38.3 Å². The van der Waals surface area contributed by atoms with Gasteiger partial charge in [-0.3, -0.25) is 0 Å². The summed E-state index contributed by atoms with van der Waals surface area (Å²) in [4.78, 5) is 0. The standard InChI is InChI=1S/C17H23N/c1-7-10-17(11-13(4)5)16(9-3)12-15(8-2)14(6)18/h3,7-8,10-11,16H,1,6,12,18H2,2,4-5H3/b15-8+,17-10+. The summed E-state index contributed by atoms with van der Waals surface area (Å²) >= 11 is 0. The molecule has 1 nitrogen and oxygen atoms in total. The van der Waals surface area contributed by atoms with Gasteiger partial charge in [-0.25, -0.2) is 0 Å². The van der Waals surface area contributed by atoms with Gasteiger partial charge in [-0.2, -0.15) is 0 Å². The van der Waals surface area contributed by atoms with E-state index in [-0.39, 0.29) is 5.92 Å². The monoisotopic (exact) mass is 241 g/mol. The van der Waals surface area contributed by atoms with Gasteiger partial charge in [0.2, 0.25) is 0 Å². The molecule has 0 spiro atoms. The Kier molecular flexibility index (Phi) is 7.31. The SMILES string of the molecule is C#CC(C/C(=C\C)C(=C)N)/C(C=C(C)C)=C/C=C. The maximum Gasteiger partial charge on any atom is 0.0490 e. The minimum absolute atomic E-state index is 0.00981. The lowest BCUT2D eigenvalue weighted by atomic mass is 9.90. The highest BCUT2D eigenvalue weighted by molar-refractivity contribution is 5.36. The molecular formula is C17H23N. The van der Waals surface area contributed by atoms with Crippen molar-refractivity contribution in [3.8, 4) is 12.3 Å². The molecule has 0 amide bonds. The number of terminal acetylenes is 1. The van der Waals surface area contributed by atoms with E-state index in [9.17, 15) is 0 Å². The molecule has 0 aromatic rings. The third kappa shape index (κ3) is 5.41. The highest BCUT2D eigenvalue weighted by Crippen LogP contribution is 2.23. The fourth-order valence-electron chi connectivity index (χ4n) is 1.66. The molecule has 0 fully saturated rings. The Bertz CT molecular complexity index is 435. The lowest BCUT2D eigenvalue weighted by molar-refractivity contribution is 0.790. The van der Waals surface area contributed by atoms with Gasteiger partial charge in [0.05, 0.1) is 0 Å². The molecular weight excluding hydrogens is 218 g/mol. The van der Waals surface area contributed by atoms with E-state index in [1.165, 1.54) is 5.57 Å². The van der Waals surface area contributed by atoms with E-state index in [0.717, 1.165) is 11.1 Å². The van der Waals surface area contributed by atoms with Crippen LogP contribution in [0.1, 0.15) is 27.2 Å². The Morgan fingerprint density at radius 3 is 2.39 bits per heavy atom. The molecule has 0 aromatic carbocycles. The van der Waals surface area contributed by atoms with E-state index >= 15 is 0 Å². The van der Waals surface area contributed by atoms with Crippen LogP contribution in [0.5, 0.6) is 0 Å². The summed E-state index contributed by atoms with van der Waals surface area (Å²) in [6, 6.07) is 0. The lowest BCUT2D eigenvalue weighted by Crippen LogP contribution is -2.07. The van der Waals surface area contributed by atoms with Crippen molar-refractivity contribution in [2.75, 3.05) is 0 Å². The topological polar surface area (TPSA) is 26.0 Å². The van der Waals surface area contributed by atoms with Gasteiger partial charge in [-0.1, -0.05) is 49.0 Å². The fourth-order valence-corrected chi connectivity index (χ4v) is 1.66. The minimum Gasteiger partial charge on any atom is -0.399 e. The zero-order valence-corrected chi connectivity index (χ0v) is 11.7. The predicted octanol–water partition coefficient (Wildman–Crippen LogP) is 4.12. The van der Waals surface area contributed by atoms with E-state index in [1.807, 2.05) is 32.9 Å². The molecule has 0 aliphatic rings. The molecule has 0 heterocycles. The van der Waals surface area contributed by atoms with Crippen molar-refractivity contribution < 1.29 is 0 Å². The van der Waals surface area contributed by atoms with Crippen LogP contribution in [-0.4, -0.2) is 0 Å². The van der Waals surface area contributed by atoms with Crippen LogP contribution < -0.4 is 5.73 Å². The van der Waals surface area contributed by atoms with Crippen LogP contribution in [0.25, 0.3) is 0 Å². The van der Waals surface area contributed by atoms with Gasteiger partial charge < -0.3 is 5.73 Å². The van der Waals surface area contributed by atoms with E-state index < -0.39 is 0 Å². The second-order valence-electron chi connectivity index (χ2n) is 4.39. The Hall–Kier alpha value is -1.94. The molecule has 96 valence electrons. The van der Waals surface area contributed by atoms with Crippen LogP contribution in [0.15, 0.2) is 59.9 Å². The second kappa shape index (κ2) is 8.20. The van der Waals surface area contributed by atoms with Gasteiger partial charge >= 0.3 is 0 Å². The van der Waals surface area contributed by atoms with Crippen LogP contribution in [0.3, 0.4) is 0 Å². The van der Waals surface area contributed by atoms with Crippen LogP contribution in [-0.2, 0) is 0 Å². The summed E-state index contributed by atoms with van der Waals surface area (Å²) in [6.45, 7) is 13.5. The Morgan fingerprint density at radius 2 is 2.06 bits per heavy atom. The quantitative estimate of drug-likeness (QED) is 0.549. The van der Waals surface area contributed by atoms with Crippen molar-refractivity contribution in [2.45, 2.75) is 27.2 Å². The lowest BCUT2D eigenvalue weighted by Gasteiger charge is -2.15. The summed E-state index contributed by atoms with van der Waals surface area (Å²) in [5, 5.41) is 0. The summed E-state index contributed by atoms with van der Waals surface area (Å²) < 4.78 is 0. The van der Waals surface area contributed by atoms with Gasteiger partial charge in [0.25, 0.3) is 0 Å². The molecule has 1 heteroatoms. The van der Waals surface area contributed by atoms with Crippen molar-refractivity contribution in [3.63, 3.8) is 0 Å². The highest BCUT2D eigenvalue weighted by atomic mass is 14.6. The number of hydrogen-bond acceptors (Lipinski definition) is 1. The molecule has 0 rings (SSSR count). The molecule has 0 aliphatic carbocycles. The molecule has 2 N–H and O–H groups in total. The smallest absolute Gasteiger partial charge is 0.0490 e. The predicted molar refractivity (Wildman–Crippen MR) is 81.7 cm³/mol. The largest absolute Gasteiger partial charge is 0.399 e. The summed E-state index contributed by atoms with van der Waals surface area (Å²) in [6.07, 6.45) is 14.1. The molecule has 0 radical (unpaired) electrons. The van der Waals surface area contributed by atoms with Crippen LogP contribution in [0.4, 0.5) is 0 Å². The zero-order valence-electron chi connectivity index (χ0n) is 11.7. The average molecular weight is 241 g/mol. The molecule has 0 saturated carbocycles. The molecule has 1 atom stereocenters. The molecule has 0 aliphatic heterocycles. The molecule has 0 aromatic heterocycles. The molecule has 18 heavy (non-hydrogen) atoms. The number of hydrogen-bond donors (Lipinski definition) is 1. The van der Waals surface area contributed by atoms with Crippen molar-refractivity contribution in [1.82, 2.24) is 0 Å². The molecule has 0 saturated heterocycles. The van der Waals surface area contributed by atoms with E-state index in [1.54, 1.807) is 6.08 Å². The summed E-state index contributed by atoms with van der Waals surface area (Å²) in [7, 11) is 0. The Balaban J connectivity index is 5.24. The summed E-state index contributed by atoms with van der Waals surface area (Å²) in [5.74, 6) is 2.80. The highest BCUT2D eigenvalue weighted by Gasteiger charge is 2.12. The first kappa shape index (κ1) is 16.1. The first-order chi connectivity index (χ1) is 8.46. The second-order valence-corrected chi connectivity index (χ2v) is 4.39. The summed E-state index contributed by atoms with van der Waals surface area (Å²) in [5.41, 5.74) is 9.59. The zero-order chi connectivity index (χ0) is 14.1. The van der Waals surface area contributed by atoms with E-state index in [2.05, 4.69) is 25.2 Å². The number of nitrogens with two attached hydrogens (primary N) is 1. The van der Waals surface area contributed by atoms with Crippen LogP contribution in [0.2, 0.25) is 0 Å². The maximum atomic E-state index is 5.74. The van der Waals surface area contributed by atoms with Gasteiger partial charge in [0.1, 0.15) is 0 Å². The molecule has 1 unspecified atom stereocenters. The molecule has 0 bridgehead atoms. The third-order valence-corrected chi connectivity index (χ3v) is 2.55. The average Bonchev–Trinajstić information content (AvgIpc) is 2.29. The number of allylic oxidation sites excluding steroid dienone is 7. The van der Waals surface area contributed by atoms with Gasteiger partial charge in [0, 0.05) is 11.6 Å². The first-order valence-corrected chi connectivity index (χ1v) is 5.99. The third-order valence-electron chi connectivity index (χ3n) is 2.55. The fraction of sp³-hybridized carbons (Fsp3) is 0.294. The normalized spacial score (nSPS) is 13.4. The minimum atomic E-state index is -0.00981. The van der Waals surface area contributed by atoms with Crippen LogP contribution >= 0.6 is 0 Å². The van der Waals surface area contributed by atoms with Gasteiger partial charge in [-0.15, -0.1) is 6.42 Å². The number of rotatable bonds is 6. The first-order valence-electron chi connectivity index (χ1n) is 5.99. The van der Waals surface area contributed by atoms with Gasteiger partial charge in [0.15, 0.2) is 0 Å². The Morgan fingerprint density at radius 1 is 1.44 bits per heavy atom. The maximum absolute atomic E-state index is 5.74. The van der Waals surface area contributed by atoms with Crippen molar-refractivity contribution in [2.24, 2.45) is 11.7 Å².